The predicted molar refractivity (Wildman–Crippen MR) is 67.2 cm³/mol. The van der Waals surface area contributed by atoms with E-state index >= 15 is 0 Å². The average Bonchev–Trinajstić information content (AvgIpc) is 2.55. The Hall–Kier alpha value is -1.40. The fourth-order valence-corrected chi connectivity index (χ4v) is 2.39. The van der Waals surface area contributed by atoms with E-state index in [1.165, 1.54) is 19.3 Å². The van der Waals surface area contributed by atoms with Gasteiger partial charge in [0.1, 0.15) is 11.8 Å². The third kappa shape index (κ3) is 3.28. The second-order valence-electron chi connectivity index (χ2n) is 4.94. The molecule has 0 radical (unpaired) electrons. The number of nitriles is 1. The topological polar surface area (TPSA) is 39.9 Å². The summed E-state index contributed by atoms with van der Waals surface area (Å²) in [6.07, 6.45) is 5.55. The minimum atomic E-state index is 0.574. The fourth-order valence-electron chi connectivity index (χ4n) is 2.39. The molecule has 2 rings (SSSR count). The Morgan fingerprint density at radius 1 is 1.47 bits per heavy atom. The van der Waals surface area contributed by atoms with E-state index in [-0.39, 0.29) is 0 Å². The summed E-state index contributed by atoms with van der Waals surface area (Å²) in [7, 11) is 0. The van der Waals surface area contributed by atoms with Crippen molar-refractivity contribution in [3.05, 3.63) is 29.6 Å². The molecule has 1 aromatic heterocycles. The maximum Gasteiger partial charge on any atom is 0.144 e. The number of hydrogen-bond acceptors (Lipinski definition) is 3. The lowest BCUT2D eigenvalue weighted by Crippen LogP contribution is -2.24. The van der Waals surface area contributed by atoms with E-state index in [0.717, 1.165) is 31.1 Å². The van der Waals surface area contributed by atoms with Crippen LogP contribution in [-0.2, 0) is 6.54 Å². The highest BCUT2D eigenvalue weighted by molar-refractivity contribution is 5.30. The number of rotatable bonds is 2. The Balaban J connectivity index is 2.03. The highest BCUT2D eigenvalue weighted by Gasteiger charge is 2.15. The van der Waals surface area contributed by atoms with E-state index in [2.05, 4.69) is 22.9 Å². The Morgan fingerprint density at radius 2 is 2.35 bits per heavy atom. The van der Waals surface area contributed by atoms with Crippen molar-refractivity contribution < 1.29 is 0 Å². The van der Waals surface area contributed by atoms with Crippen molar-refractivity contribution >= 4 is 0 Å². The molecule has 0 spiro atoms. The predicted octanol–water partition coefficient (Wildman–Crippen LogP) is 2.58. The van der Waals surface area contributed by atoms with Gasteiger partial charge in [0.2, 0.25) is 0 Å². The lowest BCUT2D eigenvalue weighted by atomic mass is 10.0. The van der Waals surface area contributed by atoms with Gasteiger partial charge in [-0.2, -0.15) is 5.26 Å². The SMILES string of the molecule is CC1CCCN(Cc2cccnc2C#N)CC1. The van der Waals surface area contributed by atoms with Crippen LogP contribution in [0.3, 0.4) is 0 Å². The summed E-state index contributed by atoms with van der Waals surface area (Å²) in [5.74, 6) is 0.837. The van der Waals surface area contributed by atoms with Gasteiger partial charge in [0.15, 0.2) is 0 Å². The number of hydrogen-bond donors (Lipinski definition) is 0. The second kappa shape index (κ2) is 5.79. The molecule has 0 aromatic carbocycles. The summed E-state index contributed by atoms with van der Waals surface area (Å²) >= 11 is 0. The second-order valence-corrected chi connectivity index (χ2v) is 4.94. The Bertz CT molecular complexity index is 408. The molecule has 1 unspecified atom stereocenters. The summed E-state index contributed by atoms with van der Waals surface area (Å²) < 4.78 is 0. The van der Waals surface area contributed by atoms with E-state index in [9.17, 15) is 0 Å². The number of nitrogens with zero attached hydrogens (tertiary/aromatic N) is 3. The van der Waals surface area contributed by atoms with Crippen LogP contribution < -0.4 is 0 Å². The van der Waals surface area contributed by atoms with Gasteiger partial charge in [-0.3, -0.25) is 4.90 Å². The van der Waals surface area contributed by atoms with Crippen LogP contribution in [-0.4, -0.2) is 23.0 Å². The molecule has 1 fully saturated rings. The van der Waals surface area contributed by atoms with Gasteiger partial charge in [0.05, 0.1) is 0 Å². The minimum absolute atomic E-state index is 0.574. The van der Waals surface area contributed by atoms with Crippen molar-refractivity contribution in [1.29, 1.82) is 5.26 Å². The maximum absolute atomic E-state index is 9.01. The molecule has 1 aliphatic heterocycles. The van der Waals surface area contributed by atoms with E-state index in [1.807, 2.05) is 12.1 Å². The van der Waals surface area contributed by atoms with Gasteiger partial charge in [0.25, 0.3) is 0 Å². The lowest BCUT2D eigenvalue weighted by molar-refractivity contribution is 0.273. The molecule has 0 bridgehead atoms. The molecule has 0 aliphatic carbocycles. The van der Waals surface area contributed by atoms with Crippen LogP contribution in [0, 0.1) is 17.2 Å². The van der Waals surface area contributed by atoms with E-state index in [4.69, 9.17) is 5.26 Å². The number of pyridine rings is 1. The first kappa shape index (κ1) is 12.1. The van der Waals surface area contributed by atoms with Crippen molar-refractivity contribution in [3.8, 4) is 6.07 Å². The molecular formula is C14H19N3. The number of aromatic nitrogens is 1. The highest BCUT2D eigenvalue weighted by Crippen LogP contribution is 2.18. The summed E-state index contributed by atoms with van der Waals surface area (Å²) in [5.41, 5.74) is 1.63. The monoisotopic (exact) mass is 229 g/mol. The van der Waals surface area contributed by atoms with Crippen molar-refractivity contribution in [2.24, 2.45) is 5.92 Å². The van der Waals surface area contributed by atoms with Crippen molar-refractivity contribution in [2.45, 2.75) is 32.7 Å². The maximum atomic E-state index is 9.01. The molecule has 3 nitrogen and oxygen atoms in total. The van der Waals surface area contributed by atoms with Crippen LogP contribution in [0.2, 0.25) is 0 Å². The molecule has 0 N–H and O–H groups in total. The highest BCUT2D eigenvalue weighted by atomic mass is 15.1. The van der Waals surface area contributed by atoms with Gasteiger partial charge < -0.3 is 0 Å². The molecule has 90 valence electrons. The van der Waals surface area contributed by atoms with Crippen LogP contribution in [0.15, 0.2) is 18.3 Å². The molecule has 1 saturated heterocycles. The molecule has 1 aromatic rings. The van der Waals surface area contributed by atoms with Crippen molar-refractivity contribution in [2.75, 3.05) is 13.1 Å². The largest absolute Gasteiger partial charge is 0.299 e. The van der Waals surface area contributed by atoms with Gasteiger partial charge in [-0.1, -0.05) is 13.0 Å². The molecule has 2 heterocycles. The molecule has 0 saturated carbocycles. The molecule has 17 heavy (non-hydrogen) atoms. The Morgan fingerprint density at radius 3 is 3.18 bits per heavy atom. The van der Waals surface area contributed by atoms with E-state index < -0.39 is 0 Å². The Kier molecular flexibility index (Phi) is 4.11. The third-order valence-electron chi connectivity index (χ3n) is 3.50. The zero-order valence-corrected chi connectivity index (χ0v) is 10.4. The first-order valence-corrected chi connectivity index (χ1v) is 6.36. The molecular weight excluding hydrogens is 210 g/mol. The average molecular weight is 229 g/mol. The van der Waals surface area contributed by atoms with Crippen molar-refractivity contribution in [1.82, 2.24) is 9.88 Å². The summed E-state index contributed by atoms with van der Waals surface area (Å²) in [6.45, 7) is 5.47. The van der Waals surface area contributed by atoms with Gasteiger partial charge in [-0.25, -0.2) is 4.98 Å². The van der Waals surface area contributed by atoms with Gasteiger partial charge in [-0.05, 0) is 44.3 Å². The van der Waals surface area contributed by atoms with Crippen LogP contribution in [0.5, 0.6) is 0 Å². The Labute approximate surface area is 103 Å². The first-order valence-electron chi connectivity index (χ1n) is 6.36. The van der Waals surface area contributed by atoms with Gasteiger partial charge in [0, 0.05) is 18.3 Å². The third-order valence-corrected chi connectivity index (χ3v) is 3.50. The van der Waals surface area contributed by atoms with Crippen LogP contribution in [0.25, 0.3) is 0 Å². The summed E-state index contributed by atoms with van der Waals surface area (Å²) in [5, 5.41) is 9.01. The smallest absolute Gasteiger partial charge is 0.144 e. The minimum Gasteiger partial charge on any atom is -0.299 e. The molecule has 3 heteroatoms. The molecule has 1 atom stereocenters. The van der Waals surface area contributed by atoms with Crippen LogP contribution >= 0.6 is 0 Å². The number of likely N-dealkylation sites (tertiary alicyclic amines) is 1. The quantitative estimate of drug-likeness (QED) is 0.782. The zero-order valence-electron chi connectivity index (χ0n) is 10.4. The lowest BCUT2D eigenvalue weighted by Gasteiger charge is -2.20. The standard InChI is InChI=1S/C14H19N3/c1-12-4-3-8-17(9-6-12)11-13-5-2-7-16-14(13)10-15/h2,5,7,12H,3-4,6,8-9,11H2,1H3. The fraction of sp³-hybridized carbons (Fsp3) is 0.571. The normalized spacial score (nSPS) is 21.8. The van der Waals surface area contributed by atoms with Gasteiger partial charge >= 0.3 is 0 Å². The first-order chi connectivity index (χ1) is 8.29. The van der Waals surface area contributed by atoms with Crippen molar-refractivity contribution in [3.63, 3.8) is 0 Å². The summed E-state index contributed by atoms with van der Waals surface area (Å²) in [4.78, 5) is 6.56. The van der Waals surface area contributed by atoms with E-state index in [1.54, 1.807) is 6.20 Å². The molecule has 1 aliphatic rings. The zero-order chi connectivity index (χ0) is 12.1. The summed E-state index contributed by atoms with van der Waals surface area (Å²) in [6, 6.07) is 6.10. The van der Waals surface area contributed by atoms with Crippen LogP contribution in [0.4, 0.5) is 0 Å². The van der Waals surface area contributed by atoms with E-state index in [0.29, 0.717) is 5.69 Å². The van der Waals surface area contributed by atoms with Gasteiger partial charge in [-0.15, -0.1) is 0 Å². The van der Waals surface area contributed by atoms with Crippen LogP contribution in [0.1, 0.15) is 37.4 Å². The molecule has 0 amide bonds.